The fourth-order valence-corrected chi connectivity index (χ4v) is 0.884. The minimum atomic E-state index is 0. The molecule has 0 aliphatic heterocycles. The zero-order chi connectivity index (χ0) is 3.54. The molecular weight excluding hydrogens is 125 g/mol. The Kier molecular flexibility index (Phi) is 4.20. The van der Waals surface area contributed by atoms with Gasteiger partial charge in [-0.2, -0.15) is 0 Å². The fourth-order valence-electron chi connectivity index (χ4n) is 0.884. The van der Waals surface area contributed by atoms with Gasteiger partial charge in [0.25, 0.3) is 0 Å². The maximum absolute atomic E-state index is 1.50. The van der Waals surface area contributed by atoms with Crippen molar-refractivity contribution < 1.29 is 19.5 Å². The van der Waals surface area contributed by atoms with E-state index in [4.69, 9.17) is 0 Å². The Morgan fingerprint density at radius 2 is 0.667 bits per heavy atom. The first kappa shape index (κ1) is 6.62. The minimum absolute atomic E-state index is 0. The van der Waals surface area contributed by atoms with E-state index in [0.29, 0.717) is 0 Å². The molecular formula is C5H10Zn. The summed E-state index contributed by atoms with van der Waals surface area (Å²) in [6.45, 7) is 0. The van der Waals surface area contributed by atoms with Crippen LogP contribution in [-0.2, 0) is 19.5 Å². The predicted molar refractivity (Wildman–Crippen MR) is 23.1 cm³/mol. The van der Waals surface area contributed by atoms with Gasteiger partial charge in [-0.05, 0) is 0 Å². The van der Waals surface area contributed by atoms with E-state index in [9.17, 15) is 0 Å². The zero-order valence-corrected chi connectivity index (χ0v) is 7.21. The van der Waals surface area contributed by atoms with E-state index in [1.54, 1.807) is 0 Å². The van der Waals surface area contributed by atoms with Crippen LogP contribution < -0.4 is 0 Å². The Bertz CT molecular complexity index is 15.5. The van der Waals surface area contributed by atoms with Crippen molar-refractivity contribution >= 4 is 0 Å². The van der Waals surface area contributed by atoms with Crippen molar-refractivity contribution in [3.05, 3.63) is 0 Å². The van der Waals surface area contributed by atoms with Crippen LogP contribution in [0.4, 0.5) is 0 Å². The molecule has 1 heteroatoms. The maximum atomic E-state index is 1.50. The second-order valence-corrected chi connectivity index (χ2v) is 1.77. The van der Waals surface area contributed by atoms with Crippen LogP contribution in [0.5, 0.6) is 0 Å². The Hall–Kier alpha value is 0.623. The third-order valence-electron chi connectivity index (χ3n) is 1.25. The summed E-state index contributed by atoms with van der Waals surface area (Å²) < 4.78 is 0. The summed E-state index contributed by atoms with van der Waals surface area (Å²) in [4.78, 5) is 0. The Balaban J connectivity index is 0.000000250. The van der Waals surface area contributed by atoms with Crippen molar-refractivity contribution in [3.63, 3.8) is 0 Å². The van der Waals surface area contributed by atoms with Crippen molar-refractivity contribution in [3.8, 4) is 0 Å². The largest absolute Gasteiger partial charge is 0.0533 e. The third-order valence-corrected chi connectivity index (χ3v) is 1.25. The van der Waals surface area contributed by atoms with Gasteiger partial charge in [0, 0.05) is 19.5 Å². The van der Waals surface area contributed by atoms with Gasteiger partial charge in [-0.25, -0.2) is 0 Å². The van der Waals surface area contributed by atoms with Gasteiger partial charge in [-0.15, -0.1) is 0 Å². The van der Waals surface area contributed by atoms with Crippen molar-refractivity contribution in [1.29, 1.82) is 0 Å². The summed E-state index contributed by atoms with van der Waals surface area (Å²) >= 11 is 0. The molecule has 0 amide bonds. The van der Waals surface area contributed by atoms with Crippen LogP contribution in [0.3, 0.4) is 0 Å². The monoisotopic (exact) mass is 134 g/mol. The molecule has 0 nitrogen and oxygen atoms in total. The molecule has 1 aliphatic carbocycles. The van der Waals surface area contributed by atoms with Crippen LogP contribution >= 0.6 is 0 Å². The first-order valence-corrected chi connectivity index (χ1v) is 2.50. The molecule has 0 aromatic rings. The molecule has 1 rings (SSSR count). The summed E-state index contributed by atoms with van der Waals surface area (Å²) in [5, 5.41) is 0. The van der Waals surface area contributed by atoms with Gasteiger partial charge in [0.15, 0.2) is 0 Å². The first-order chi connectivity index (χ1) is 2.50. The van der Waals surface area contributed by atoms with E-state index in [-0.39, 0.29) is 19.5 Å². The van der Waals surface area contributed by atoms with Gasteiger partial charge >= 0.3 is 0 Å². The standard InChI is InChI=1S/C5H10.Zn/c1-2-4-5-3-1;/h1-5H2;. The molecule has 0 unspecified atom stereocenters. The number of hydrogen-bond acceptors (Lipinski definition) is 0. The fraction of sp³-hybridized carbons (Fsp3) is 1.00. The van der Waals surface area contributed by atoms with E-state index < -0.39 is 0 Å². The second-order valence-electron chi connectivity index (χ2n) is 1.77. The molecule has 1 saturated carbocycles. The molecule has 0 spiro atoms. The average molecular weight is 136 g/mol. The van der Waals surface area contributed by atoms with Gasteiger partial charge in [0.1, 0.15) is 0 Å². The molecule has 0 aromatic heterocycles. The Morgan fingerprint density at radius 1 is 0.500 bits per heavy atom. The van der Waals surface area contributed by atoms with Crippen LogP contribution in [0.1, 0.15) is 32.1 Å². The molecule has 0 bridgehead atoms. The second kappa shape index (κ2) is 3.80. The molecule has 0 N–H and O–H groups in total. The molecule has 0 saturated heterocycles. The molecule has 32 valence electrons. The summed E-state index contributed by atoms with van der Waals surface area (Å²) in [5.74, 6) is 0. The minimum Gasteiger partial charge on any atom is -0.0533 e. The van der Waals surface area contributed by atoms with E-state index in [0.717, 1.165) is 0 Å². The van der Waals surface area contributed by atoms with E-state index >= 15 is 0 Å². The van der Waals surface area contributed by atoms with Crippen LogP contribution in [-0.4, -0.2) is 0 Å². The van der Waals surface area contributed by atoms with Crippen molar-refractivity contribution in [2.24, 2.45) is 0 Å². The van der Waals surface area contributed by atoms with Gasteiger partial charge in [-0.1, -0.05) is 32.1 Å². The van der Waals surface area contributed by atoms with Crippen LogP contribution in [0.2, 0.25) is 0 Å². The molecule has 0 heterocycles. The average Bonchev–Trinajstić information content (AvgIpc) is 1.76. The first-order valence-electron chi connectivity index (χ1n) is 2.50. The Labute approximate surface area is 52.1 Å². The molecule has 0 aromatic carbocycles. The molecule has 0 radical (unpaired) electrons. The van der Waals surface area contributed by atoms with Gasteiger partial charge in [0.2, 0.25) is 0 Å². The van der Waals surface area contributed by atoms with Crippen molar-refractivity contribution in [2.45, 2.75) is 32.1 Å². The predicted octanol–water partition coefficient (Wildman–Crippen LogP) is 1.95. The molecule has 0 atom stereocenters. The van der Waals surface area contributed by atoms with E-state index in [1.807, 2.05) is 0 Å². The summed E-state index contributed by atoms with van der Waals surface area (Å²) in [6.07, 6.45) is 7.50. The van der Waals surface area contributed by atoms with Crippen molar-refractivity contribution in [2.75, 3.05) is 0 Å². The van der Waals surface area contributed by atoms with E-state index in [2.05, 4.69) is 0 Å². The zero-order valence-electron chi connectivity index (χ0n) is 4.24. The molecule has 6 heavy (non-hydrogen) atoms. The third kappa shape index (κ3) is 1.92. The normalized spacial score (nSPS) is 20.0. The summed E-state index contributed by atoms with van der Waals surface area (Å²) in [7, 11) is 0. The summed E-state index contributed by atoms with van der Waals surface area (Å²) in [5.41, 5.74) is 0. The van der Waals surface area contributed by atoms with Gasteiger partial charge in [0.05, 0.1) is 0 Å². The SMILES string of the molecule is C1CCCC1.[Zn]. The maximum Gasteiger partial charge on any atom is 0 e. The van der Waals surface area contributed by atoms with Crippen LogP contribution in [0, 0.1) is 0 Å². The van der Waals surface area contributed by atoms with Gasteiger partial charge < -0.3 is 0 Å². The Morgan fingerprint density at radius 3 is 0.833 bits per heavy atom. The molecule has 1 fully saturated rings. The van der Waals surface area contributed by atoms with Gasteiger partial charge in [-0.3, -0.25) is 0 Å². The molecule has 1 aliphatic rings. The number of rotatable bonds is 0. The smallest absolute Gasteiger partial charge is 0 e. The number of hydrogen-bond donors (Lipinski definition) is 0. The summed E-state index contributed by atoms with van der Waals surface area (Å²) in [6, 6.07) is 0. The van der Waals surface area contributed by atoms with Crippen LogP contribution in [0.25, 0.3) is 0 Å². The van der Waals surface area contributed by atoms with Crippen molar-refractivity contribution in [1.82, 2.24) is 0 Å². The van der Waals surface area contributed by atoms with Crippen LogP contribution in [0.15, 0.2) is 0 Å². The topological polar surface area (TPSA) is 0 Å². The van der Waals surface area contributed by atoms with E-state index in [1.165, 1.54) is 32.1 Å². The quantitative estimate of drug-likeness (QED) is 0.446.